The highest BCUT2D eigenvalue weighted by atomic mass is 127. The summed E-state index contributed by atoms with van der Waals surface area (Å²) in [5.41, 5.74) is 11.9. The largest absolute Gasteiger partial charge is 0.508 e. The summed E-state index contributed by atoms with van der Waals surface area (Å²) >= 11 is 2.30. The van der Waals surface area contributed by atoms with E-state index in [2.05, 4.69) is 47.0 Å². The van der Waals surface area contributed by atoms with Crippen LogP contribution in [-0.4, -0.2) is 11.7 Å². The molecule has 1 aliphatic rings. The summed E-state index contributed by atoms with van der Waals surface area (Å²) < 4.78 is 1.12. The number of nitrogens with one attached hydrogen (secondary N) is 1. The van der Waals surface area contributed by atoms with Gasteiger partial charge < -0.3 is 16.2 Å². The number of nitrogen functional groups attached to an aromatic ring is 1. The Morgan fingerprint density at radius 3 is 2.70 bits per heavy atom. The molecule has 1 heterocycles. The van der Waals surface area contributed by atoms with Crippen molar-refractivity contribution in [3.05, 3.63) is 56.2 Å². The molecule has 0 saturated carbocycles. The fourth-order valence-electron chi connectivity index (χ4n) is 3.00. The van der Waals surface area contributed by atoms with Gasteiger partial charge in [0.05, 0.1) is 0 Å². The van der Waals surface area contributed by atoms with Gasteiger partial charge in [-0.05, 0) is 89.4 Å². The molecular formula is C19H25IN2O. The Hall–Kier alpha value is -1.27. The Kier molecular flexibility index (Phi) is 6.30. The minimum atomic E-state index is 0.299. The van der Waals surface area contributed by atoms with Gasteiger partial charge in [-0.2, -0.15) is 0 Å². The first kappa shape index (κ1) is 18.1. The van der Waals surface area contributed by atoms with Crippen molar-refractivity contribution in [1.82, 2.24) is 5.32 Å². The molecule has 23 heavy (non-hydrogen) atoms. The quantitative estimate of drug-likeness (QED) is 0.497. The van der Waals surface area contributed by atoms with Crippen LogP contribution in [0, 0.1) is 10.5 Å². The van der Waals surface area contributed by atoms with Crippen molar-refractivity contribution in [3.8, 4) is 5.75 Å². The van der Waals surface area contributed by atoms with Crippen LogP contribution in [0.4, 0.5) is 5.69 Å². The SMILES string of the molecule is CC.Cc1cc(CC2NCCc3cc(O)ccc32)cc(I)c1N. The third-order valence-electron chi connectivity index (χ3n) is 4.12. The molecule has 0 fully saturated rings. The maximum Gasteiger partial charge on any atom is 0.115 e. The number of phenols is 1. The smallest absolute Gasteiger partial charge is 0.115 e. The summed E-state index contributed by atoms with van der Waals surface area (Å²) in [6.07, 6.45) is 1.91. The lowest BCUT2D eigenvalue weighted by Crippen LogP contribution is -2.31. The number of nitrogens with two attached hydrogens (primary N) is 1. The highest BCUT2D eigenvalue weighted by Crippen LogP contribution is 2.30. The number of benzene rings is 2. The maximum atomic E-state index is 9.63. The first-order chi connectivity index (χ1) is 11.0. The average molecular weight is 424 g/mol. The molecule has 0 radical (unpaired) electrons. The van der Waals surface area contributed by atoms with E-state index in [0.717, 1.165) is 34.2 Å². The summed E-state index contributed by atoms with van der Waals surface area (Å²) in [6.45, 7) is 7.01. The summed E-state index contributed by atoms with van der Waals surface area (Å²) in [5, 5.41) is 13.2. The molecule has 1 atom stereocenters. The fourth-order valence-corrected chi connectivity index (χ4v) is 3.83. The van der Waals surface area contributed by atoms with Crippen molar-refractivity contribution >= 4 is 28.3 Å². The van der Waals surface area contributed by atoms with E-state index < -0.39 is 0 Å². The second-order valence-electron chi connectivity index (χ2n) is 5.65. The number of fused-ring (bicyclic) bond motifs is 1. The lowest BCUT2D eigenvalue weighted by Gasteiger charge is -2.27. The Morgan fingerprint density at radius 2 is 2.00 bits per heavy atom. The molecule has 0 aliphatic carbocycles. The van der Waals surface area contributed by atoms with E-state index in [1.807, 2.05) is 26.0 Å². The van der Waals surface area contributed by atoms with Crippen LogP contribution in [0.1, 0.15) is 42.1 Å². The van der Waals surface area contributed by atoms with Crippen molar-refractivity contribution in [1.29, 1.82) is 0 Å². The van der Waals surface area contributed by atoms with Crippen LogP contribution in [-0.2, 0) is 12.8 Å². The van der Waals surface area contributed by atoms with Gasteiger partial charge in [-0.25, -0.2) is 0 Å². The van der Waals surface area contributed by atoms with Crippen molar-refractivity contribution < 1.29 is 5.11 Å². The molecule has 4 N–H and O–H groups in total. The molecule has 0 aromatic heterocycles. The summed E-state index contributed by atoms with van der Waals surface area (Å²) in [6, 6.07) is 10.3. The van der Waals surface area contributed by atoms with Crippen LogP contribution in [0.25, 0.3) is 0 Å². The predicted molar refractivity (Wildman–Crippen MR) is 106 cm³/mol. The normalized spacial score (nSPS) is 16.3. The maximum absolute atomic E-state index is 9.63. The lowest BCUT2D eigenvalue weighted by molar-refractivity contribution is 0.466. The number of rotatable bonds is 2. The molecule has 0 spiro atoms. The molecule has 0 amide bonds. The summed E-state index contributed by atoms with van der Waals surface area (Å²) in [7, 11) is 0. The van der Waals surface area contributed by atoms with E-state index in [4.69, 9.17) is 5.73 Å². The highest BCUT2D eigenvalue weighted by molar-refractivity contribution is 14.1. The second kappa shape index (κ2) is 8.02. The Morgan fingerprint density at radius 1 is 1.26 bits per heavy atom. The molecule has 0 saturated heterocycles. The van der Waals surface area contributed by atoms with Gasteiger partial charge >= 0.3 is 0 Å². The van der Waals surface area contributed by atoms with Crippen molar-refractivity contribution in [2.24, 2.45) is 0 Å². The molecule has 2 aromatic carbocycles. The van der Waals surface area contributed by atoms with E-state index >= 15 is 0 Å². The first-order valence-corrected chi connectivity index (χ1v) is 9.22. The fraction of sp³-hybridized carbons (Fsp3) is 0.368. The number of aromatic hydroxyl groups is 1. The highest BCUT2D eigenvalue weighted by Gasteiger charge is 2.20. The van der Waals surface area contributed by atoms with Gasteiger partial charge in [0.1, 0.15) is 5.75 Å². The topological polar surface area (TPSA) is 58.3 Å². The number of halogens is 1. The van der Waals surface area contributed by atoms with Crippen molar-refractivity contribution in [3.63, 3.8) is 0 Å². The number of phenolic OH excluding ortho intramolecular Hbond substituents is 1. The minimum absolute atomic E-state index is 0.299. The third-order valence-corrected chi connectivity index (χ3v) is 5.02. The zero-order chi connectivity index (χ0) is 17.0. The lowest BCUT2D eigenvalue weighted by atomic mass is 9.90. The predicted octanol–water partition coefficient (Wildman–Crippen LogP) is 4.34. The van der Waals surface area contributed by atoms with E-state index in [0.29, 0.717) is 11.8 Å². The molecule has 0 bridgehead atoms. The van der Waals surface area contributed by atoms with Gasteiger partial charge in [0.15, 0.2) is 0 Å². The van der Waals surface area contributed by atoms with Gasteiger partial charge in [0, 0.05) is 15.3 Å². The Balaban J connectivity index is 0.000000924. The van der Waals surface area contributed by atoms with Gasteiger partial charge in [-0.3, -0.25) is 0 Å². The van der Waals surface area contributed by atoms with E-state index in [1.54, 1.807) is 6.07 Å². The second-order valence-corrected chi connectivity index (χ2v) is 6.81. The van der Waals surface area contributed by atoms with Crippen LogP contribution in [0.2, 0.25) is 0 Å². The third kappa shape index (κ3) is 4.18. The summed E-state index contributed by atoms with van der Waals surface area (Å²) in [4.78, 5) is 0. The van der Waals surface area contributed by atoms with E-state index in [1.165, 1.54) is 16.7 Å². The molecule has 1 aliphatic heterocycles. The number of hydrogen-bond donors (Lipinski definition) is 3. The monoisotopic (exact) mass is 424 g/mol. The molecule has 124 valence electrons. The van der Waals surface area contributed by atoms with E-state index in [9.17, 15) is 5.11 Å². The number of anilines is 1. The van der Waals surface area contributed by atoms with Crippen molar-refractivity contribution in [2.75, 3.05) is 12.3 Å². The first-order valence-electron chi connectivity index (χ1n) is 8.14. The molecule has 4 heteroatoms. The van der Waals surface area contributed by atoms with Gasteiger partial charge in [-0.1, -0.05) is 26.0 Å². The van der Waals surface area contributed by atoms with Gasteiger partial charge in [0.25, 0.3) is 0 Å². The van der Waals surface area contributed by atoms with Crippen LogP contribution >= 0.6 is 22.6 Å². The average Bonchev–Trinajstić information content (AvgIpc) is 2.54. The van der Waals surface area contributed by atoms with Crippen molar-refractivity contribution in [2.45, 2.75) is 39.7 Å². The molecule has 3 rings (SSSR count). The number of hydrogen-bond acceptors (Lipinski definition) is 3. The Bertz CT molecular complexity index is 662. The number of aryl methyl sites for hydroxylation is 1. The van der Waals surface area contributed by atoms with Crippen LogP contribution in [0.3, 0.4) is 0 Å². The van der Waals surface area contributed by atoms with E-state index in [-0.39, 0.29) is 0 Å². The zero-order valence-electron chi connectivity index (χ0n) is 14.0. The van der Waals surface area contributed by atoms with Crippen LogP contribution < -0.4 is 11.1 Å². The van der Waals surface area contributed by atoms with Gasteiger partial charge in [0.2, 0.25) is 0 Å². The molecule has 2 aromatic rings. The zero-order valence-corrected chi connectivity index (χ0v) is 16.1. The minimum Gasteiger partial charge on any atom is -0.508 e. The molecule has 1 unspecified atom stereocenters. The standard InChI is InChI=1S/C17H19IN2O.C2H6/c1-10-6-11(7-15(18)17(10)19)8-16-14-3-2-13(21)9-12(14)4-5-20-16;1-2/h2-3,6-7,9,16,20-21H,4-5,8,19H2,1H3;1-2H3. The van der Waals surface area contributed by atoms with Gasteiger partial charge in [-0.15, -0.1) is 0 Å². The van der Waals surface area contributed by atoms with Crippen LogP contribution in [0.5, 0.6) is 5.75 Å². The molecular weight excluding hydrogens is 399 g/mol. The van der Waals surface area contributed by atoms with Crippen LogP contribution in [0.15, 0.2) is 30.3 Å². The Labute approximate surface area is 152 Å². The summed E-state index contributed by atoms with van der Waals surface area (Å²) in [5.74, 6) is 0.354. The molecule has 3 nitrogen and oxygen atoms in total.